The zero-order chi connectivity index (χ0) is 11.5. The summed E-state index contributed by atoms with van der Waals surface area (Å²) >= 11 is -0.0176. The summed E-state index contributed by atoms with van der Waals surface area (Å²) in [5.74, 6) is 0. The molecule has 0 saturated carbocycles. The highest BCUT2D eigenvalue weighted by molar-refractivity contribution is 5.31. The lowest BCUT2D eigenvalue weighted by atomic mass is 10.1. The van der Waals surface area contributed by atoms with Crippen LogP contribution in [0.2, 0.25) is 0 Å². The molecule has 82 valence electrons. The van der Waals surface area contributed by atoms with Gasteiger partial charge < -0.3 is 0 Å². The summed E-state index contributed by atoms with van der Waals surface area (Å²) in [5.41, 5.74) is 4.28. The van der Waals surface area contributed by atoms with E-state index >= 15 is 0 Å². The van der Waals surface area contributed by atoms with Crippen molar-refractivity contribution < 1.29 is 21.2 Å². The van der Waals surface area contributed by atoms with Gasteiger partial charge in [-0.15, -0.1) is 0 Å². The van der Waals surface area contributed by atoms with Crippen molar-refractivity contribution in [3.8, 4) is 0 Å². The molecule has 2 rings (SSSR count). The van der Waals surface area contributed by atoms with E-state index in [1.807, 2.05) is 0 Å². The highest BCUT2D eigenvalue weighted by Crippen LogP contribution is 2.10. The largest absolute Gasteiger partial charge is 0.357 e. The lowest BCUT2D eigenvalue weighted by Crippen LogP contribution is -3.61. The first-order valence-electron chi connectivity index (χ1n) is 5.44. The molecule has 0 heterocycles. The Bertz CT molecular complexity index is 463. The maximum atomic E-state index is 2.35. The molecule has 2 aromatic carbocycles. The van der Waals surface area contributed by atoms with Crippen LogP contribution >= 0.6 is 0 Å². The van der Waals surface area contributed by atoms with Crippen LogP contribution in [0.5, 0.6) is 0 Å². The van der Waals surface area contributed by atoms with E-state index in [1.54, 1.807) is 0 Å². The van der Waals surface area contributed by atoms with Gasteiger partial charge >= 0.3 is 21.2 Å². The summed E-state index contributed by atoms with van der Waals surface area (Å²) in [4.78, 5) is 0. The molecule has 0 spiro atoms. The predicted octanol–water partition coefficient (Wildman–Crippen LogP) is 0.740. The van der Waals surface area contributed by atoms with Gasteiger partial charge in [-0.05, 0) is 61.7 Å². The molecule has 0 amide bonds. The van der Waals surface area contributed by atoms with Crippen molar-refractivity contribution in [1.82, 2.24) is 0 Å². The molecule has 16 heavy (non-hydrogen) atoms. The number of hydrogen-bond acceptors (Lipinski definition) is 0. The Labute approximate surface area is 108 Å². The highest BCUT2D eigenvalue weighted by Gasteiger charge is 2.16. The van der Waals surface area contributed by atoms with Crippen LogP contribution in [-0.4, -0.2) is 0 Å². The second kappa shape index (κ2) is 5.00. The second-order valence-electron chi connectivity index (χ2n) is 4.05. The van der Waals surface area contributed by atoms with Crippen molar-refractivity contribution in [3.05, 3.63) is 66.3 Å². The zero-order valence-corrected chi connectivity index (χ0v) is 12.1. The van der Waals surface area contributed by atoms with E-state index in [2.05, 4.69) is 63.2 Å². The summed E-state index contributed by atoms with van der Waals surface area (Å²) in [6.07, 6.45) is 0. The number of rotatable bonds is 2. The minimum atomic E-state index is -0.0176. The van der Waals surface area contributed by atoms with E-state index in [1.165, 1.54) is 23.8 Å². The average Bonchev–Trinajstić information content (AvgIpc) is 2.27. The standard InChI is InChI=1S/C15H16I/c1-11-9-15(10-12(2)13(11)3)16-14-7-5-4-6-8-14/h4-10H,1-3H3/q+1. The topological polar surface area (TPSA) is 0 Å². The van der Waals surface area contributed by atoms with Crippen LogP contribution in [0, 0.1) is 27.9 Å². The first-order valence-corrected chi connectivity index (χ1v) is 7.60. The Morgan fingerprint density at radius 2 is 1.31 bits per heavy atom. The van der Waals surface area contributed by atoms with Crippen LogP contribution in [0.15, 0.2) is 42.5 Å². The molecule has 0 saturated heterocycles. The Balaban J connectivity index is 2.29. The molecule has 0 N–H and O–H groups in total. The van der Waals surface area contributed by atoms with Crippen LogP contribution in [0.25, 0.3) is 0 Å². The summed E-state index contributed by atoms with van der Waals surface area (Å²) in [6, 6.07) is 15.5. The van der Waals surface area contributed by atoms with E-state index in [4.69, 9.17) is 0 Å². The number of halogens is 1. The van der Waals surface area contributed by atoms with Gasteiger partial charge in [-0.1, -0.05) is 18.2 Å². The smallest absolute Gasteiger partial charge is 0.0619 e. The van der Waals surface area contributed by atoms with E-state index in [0.717, 1.165) is 0 Å². The molecular formula is C15H16I+. The van der Waals surface area contributed by atoms with Crippen molar-refractivity contribution in [2.24, 2.45) is 0 Å². The molecule has 0 aliphatic rings. The van der Waals surface area contributed by atoms with Gasteiger partial charge in [0.25, 0.3) is 0 Å². The first kappa shape index (κ1) is 11.6. The van der Waals surface area contributed by atoms with Gasteiger partial charge in [0, 0.05) is 0 Å². The van der Waals surface area contributed by atoms with E-state index in [9.17, 15) is 0 Å². The number of benzene rings is 2. The SMILES string of the molecule is Cc1cc([I+]c2ccccc2)cc(C)c1C. The molecule has 0 atom stereocenters. The third-order valence-corrected chi connectivity index (χ3v) is 5.43. The monoisotopic (exact) mass is 323 g/mol. The molecule has 0 fully saturated rings. The molecule has 0 aromatic heterocycles. The molecule has 0 aliphatic carbocycles. The molecular weight excluding hydrogens is 307 g/mol. The minimum absolute atomic E-state index is 0.0176. The zero-order valence-electron chi connectivity index (χ0n) is 9.92. The van der Waals surface area contributed by atoms with Gasteiger partial charge in [0.15, 0.2) is 7.14 Å². The fraction of sp³-hybridized carbons (Fsp3) is 0.200. The van der Waals surface area contributed by atoms with Crippen molar-refractivity contribution in [2.75, 3.05) is 0 Å². The van der Waals surface area contributed by atoms with Gasteiger partial charge in [-0.2, -0.15) is 0 Å². The van der Waals surface area contributed by atoms with Gasteiger partial charge in [0.2, 0.25) is 0 Å². The fourth-order valence-corrected chi connectivity index (χ4v) is 4.38. The predicted molar refractivity (Wildman–Crippen MR) is 64.5 cm³/mol. The number of hydrogen-bond donors (Lipinski definition) is 0. The van der Waals surface area contributed by atoms with Crippen molar-refractivity contribution in [2.45, 2.75) is 20.8 Å². The number of aryl methyl sites for hydroxylation is 2. The normalized spacial score (nSPS) is 10.4. The highest BCUT2D eigenvalue weighted by atomic mass is 127. The summed E-state index contributed by atoms with van der Waals surface area (Å²) in [7, 11) is 0. The maximum absolute atomic E-state index is 2.35. The van der Waals surface area contributed by atoms with Crippen molar-refractivity contribution >= 4 is 0 Å². The van der Waals surface area contributed by atoms with Gasteiger partial charge in [0.05, 0.1) is 0 Å². The Kier molecular flexibility index (Phi) is 3.64. The maximum Gasteiger partial charge on any atom is 0.357 e. The molecule has 0 nitrogen and oxygen atoms in total. The van der Waals surface area contributed by atoms with Gasteiger partial charge in [-0.3, -0.25) is 0 Å². The lowest BCUT2D eigenvalue weighted by molar-refractivity contribution is -0.597. The quantitative estimate of drug-likeness (QED) is 0.715. The van der Waals surface area contributed by atoms with E-state index < -0.39 is 0 Å². The van der Waals surface area contributed by atoms with E-state index in [0.29, 0.717) is 0 Å². The third kappa shape index (κ3) is 2.64. The molecule has 0 radical (unpaired) electrons. The second-order valence-corrected chi connectivity index (χ2v) is 7.09. The molecule has 0 aliphatic heterocycles. The molecule has 1 heteroatoms. The Hall–Kier alpha value is -0.830. The lowest BCUT2D eigenvalue weighted by Gasteiger charge is -2.02. The van der Waals surface area contributed by atoms with Gasteiger partial charge in [0.1, 0.15) is 0 Å². The Morgan fingerprint density at radius 3 is 1.88 bits per heavy atom. The van der Waals surface area contributed by atoms with Crippen LogP contribution < -0.4 is 21.2 Å². The first-order chi connectivity index (χ1) is 7.66. The van der Waals surface area contributed by atoms with E-state index in [-0.39, 0.29) is 21.2 Å². The summed E-state index contributed by atoms with van der Waals surface area (Å²) < 4.78 is 3.01. The third-order valence-electron chi connectivity index (χ3n) is 2.84. The Morgan fingerprint density at radius 1 is 0.750 bits per heavy atom. The molecule has 0 unspecified atom stereocenters. The van der Waals surface area contributed by atoms with Crippen LogP contribution in [0.4, 0.5) is 0 Å². The molecule has 0 bridgehead atoms. The van der Waals surface area contributed by atoms with Crippen LogP contribution in [0.1, 0.15) is 16.7 Å². The summed E-state index contributed by atoms with van der Waals surface area (Å²) in [5, 5.41) is 0. The van der Waals surface area contributed by atoms with Crippen LogP contribution in [0.3, 0.4) is 0 Å². The summed E-state index contributed by atoms with van der Waals surface area (Å²) in [6.45, 7) is 6.62. The minimum Gasteiger partial charge on any atom is -0.0619 e. The fourth-order valence-electron chi connectivity index (χ4n) is 1.64. The van der Waals surface area contributed by atoms with Crippen molar-refractivity contribution in [3.63, 3.8) is 0 Å². The molecule has 2 aromatic rings. The van der Waals surface area contributed by atoms with Gasteiger partial charge in [-0.25, -0.2) is 0 Å². The average molecular weight is 323 g/mol. The van der Waals surface area contributed by atoms with Crippen molar-refractivity contribution in [1.29, 1.82) is 0 Å². The van der Waals surface area contributed by atoms with Crippen LogP contribution in [-0.2, 0) is 0 Å².